The van der Waals surface area contributed by atoms with Gasteiger partial charge in [0.05, 0.1) is 6.61 Å². The average molecular weight is 487 g/mol. The van der Waals surface area contributed by atoms with E-state index in [0.29, 0.717) is 15.9 Å². The fraction of sp³-hybridized carbons (Fsp3) is 0.136. The largest absolute Gasteiger partial charge is 0.513 e. The number of carbonyl (C=O) groups is 3. The van der Waals surface area contributed by atoms with Gasteiger partial charge in [-0.1, -0.05) is 18.2 Å². The second kappa shape index (κ2) is 10.4. The fourth-order valence-electron chi connectivity index (χ4n) is 2.61. The molecule has 3 aromatic rings. The number of amides is 2. The molecule has 2 amide bonds. The Morgan fingerprint density at radius 2 is 1.71 bits per heavy atom. The maximum absolute atomic E-state index is 12.6. The number of anilines is 1. The van der Waals surface area contributed by atoms with Crippen LogP contribution in [0.1, 0.15) is 33.4 Å². The summed E-state index contributed by atoms with van der Waals surface area (Å²) in [5, 5.41) is 5.57. The van der Waals surface area contributed by atoms with Gasteiger partial charge < -0.3 is 24.5 Å². The van der Waals surface area contributed by atoms with E-state index in [2.05, 4.69) is 26.6 Å². The summed E-state index contributed by atoms with van der Waals surface area (Å²) in [6, 6.07) is 16.4. The second-order valence-electron chi connectivity index (χ2n) is 6.21. The summed E-state index contributed by atoms with van der Waals surface area (Å²) in [6.45, 7) is 2.08. The van der Waals surface area contributed by atoms with Crippen molar-refractivity contribution < 1.29 is 28.3 Å². The molecule has 160 valence electrons. The van der Waals surface area contributed by atoms with E-state index in [1.165, 1.54) is 24.3 Å². The number of benzene rings is 2. The van der Waals surface area contributed by atoms with Gasteiger partial charge in [-0.3, -0.25) is 9.59 Å². The van der Waals surface area contributed by atoms with Gasteiger partial charge in [0.2, 0.25) is 0 Å². The summed E-state index contributed by atoms with van der Waals surface area (Å²) in [5.41, 5.74) is 1.65. The molecule has 31 heavy (non-hydrogen) atoms. The molecule has 0 atom stereocenters. The minimum Gasteiger partial charge on any atom is -0.444 e. The molecule has 0 saturated carbocycles. The number of hydrogen-bond acceptors (Lipinski definition) is 6. The second-order valence-corrected chi connectivity index (χ2v) is 6.99. The summed E-state index contributed by atoms with van der Waals surface area (Å²) in [4.78, 5) is 36.1. The lowest BCUT2D eigenvalue weighted by molar-refractivity contribution is 0.0921. The molecule has 0 radical (unpaired) electrons. The summed E-state index contributed by atoms with van der Waals surface area (Å²) in [6.07, 6.45) is -0.808. The van der Waals surface area contributed by atoms with Gasteiger partial charge in [0.15, 0.2) is 10.4 Å². The standard InChI is InChI=1S/C22H19BrN2O6/c1-2-29-22(28)30-16-9-7-14(8-10-16)20(26)25-17-6-4-3-5-15(17)13-24-21(27)18-11-12-19(23)31-18/h3-12H,2,13H2,1H3,(H,24,27)(H,25,26). The molecule has 0 unspecified atom stereocenters. The molecular weight excluding hydrogens is 468 g/mol. The maximum Gasteiger partial charge on any atom is 0.513 e. The van der Waals surface area contributed by atoms with Crippen molar-refractivity contribution in [1.29, 1.82) is 0 Å². The topological polar surface area (TPSA) is 107 Å². The third kappa shape index (κ3) is 6.19. The lowest BCUT2D eigenvalue weighted by Crippen LogP contribution is -2.23. The monoisotopic (exact) mass is 486 g/mol. The summed E-state index contributed by atoms with van der Waals surface area (Å²) >= 11 is 3.16. The highest BCUT2D eigenvalue weighted by Crippen LogP contribution is 2.19. The molecule has 0 saturated heterocycles. The summed E-state index contributed by atoms with van der Waals surface area (Å²) in [5.74, 6) is -0.276. The number of halogens is 1. The van der Waals surface area contributed by atoms with Crippen LogP contribution in [0.15, 0.2) is 69.8 Å². The van der Waals surface area contributed by atoms with Gasteiger partial charge in [0.25, 0.3) is 11.8 Å². The lowest BCUT2D eigenvalue weighted by atomic mass is 10.1. The van der Waals surface area contributed by atoms with Crippen LogP contribution in [0.25, 0.3) is 0 Å². The maximum atomic E-state index is 12.6. The minimum atomic E-state index is -0.808. The van der Waals surface area contributed by atoms with Gasteiger partial charge in [-0.15, -0.1) is 0 Å². The fourth-order valence-corrected chi connectivity index (χ4v) is 2.91. The van der Waals surface area contributed by atoms with Crippen LogP contribution in [0, 0.1) is 0 Å². The Balaban J connectivity index is 1.62. The zero-order chi connectivity index (χ0) is 22.2. The molecule has 0 aliphatic carbocycles. The van der Waals surface area contributed by atoms with Crippen molar-refractivity contribution in [2.75, 3.05) is 11.9 Å². The Morgan fingerprint density at radius 1 is 0.968 bits per heavy atom. The van der Waals surface area contributed by atoms with Crippen molar-refractivity contribution in [3.05, 3.63) is 82.2 Å². The van der Waals surface area contributed by atoms with E-state index >= 15 is 0 Å². The van der Waals surface area contributed by atoms with Crippen LogP contribution >= 0.6 is 15.9 Å². The molecule has 0 aliphatic rings. The third-order valence-electron chi connectivity index (χ3n) is 4.08. The molecule has 0 aliphatic heterocycles. The van der Waals surface area contributed by atoms with Gasteiger partial charge in [0.1, 0.15) is 5.75 Å². The molecular formula is C22H19BrN2O6. The van der Waals surface area contributed by atoms with Crippen molar-refractivity contribution in [2.45, 2.75) is 13.5 Å². The van der Waals surface area contributed by atoms with Crippen molar-refractivity contribution in [3.8, 4) is 5.75 Å². The predicted octanol–water partition coefficient (Wildman–Crippen LogP) is 4.76. The van der Waals surface area contributed by atoms with E-state index in [0.717, 1.165) is 5.56 Å². The van der Waals surface area contributed by atoms with E-state index in [9.17, 15) is 14.4 Å². The summed E-state index contributed by atoms with van der Waals surface area (Å²) < 4.78 is 15.4. The minimum absolute atomic E-state index is 0.179. The van der Waals surface area contributed by atoms with E-state index in [4.69, 9.17) is 13.9 Å². The van der Waals surface area contributed by atoms with Crippen LogP contribution in [0.5, 0.6) is 5.75 Å². The van der Waals surface area contributed by atoms with Gasteiger partial charge >= 0.3 is 6.16 Å². The third-order valence-corrected chi connectivity index (χ3v) is 4.51. The van der Waals surface area contributed by atoms with Crippen LogP contribution < -0.4 is 15.4 Å². The Morgan fingerprint density at radius 3 is 2.39 bits per heavy atom. The van der Waals surface area contributed by atoms with Crippen LogP contribution in [0.4, 0.5) is 10.5 Å². The van der Waals surface area contributed by atoms with Crippen LogP contribution in [-0.4, -0.2) is 24.6 Å². The first-order valence-electron chi connectivity index (χ1n) is 9.33. The van der Waals surface area contributed by atoms with Gasteiger partial charge in [-0.25, -0.2) is 4.79 Å². The smallest absolute Gasteiger partial charge is 0.444 e. The Hall–Kier alpha value is -3.59. The van der Waals surface area contributed by atoms with Crippen LogP contribution in [0.3, 0.4) is 0 Å². The molecule has 0 bridgehead atoms. The van der Waals surface area contributed by atoms with Gasteiger partial charge in [-0.2, -0.15) is 0 Å². The molecule has 9 heteroatoms. The van der Waals surface area contributed by atoms with E-state index in [-0.39, 0.29) is 36.5 Å². The number of ether oxygens (including phenoxy) is 2. The molecule has 2 aromatic carbocycles. The summed E-state index contributed by atoms with van der Waals surface area (Å²) in [7, 11) is 0. The highest BCUT2D eigenvalue weighted by atomic mass is 79.9. The van der Waals surface area contributed by atoms with Crippen LogP contribution in [0.2, 0.25) is 0 Å². The van der Waals surface area contributed by atoms with Crippen LogP contribution in [-0.2, 0) is 11.3 Å². The Bertz CT molecular complexity index is 1080. The number of rotatable bonds is 7. The molecule has 1 heterocycles. The Labute approximate surface area is 186 Å². The molecule has 8 nitrogen and oxygen atoms in total. The lowest BCUT2D eigenvalue weighted by Gasteiger charge is -2.12. The molecule has 0 spiro atoms. The first kappa shape index (κ1) is 22.1. The average Bonchev–Trinajstić information content (AvgIpc) is 3.20. The number of furan rings is 1. The molecule has 2 N–H and O–H groups in total. The first-order valence-corrected chi connectivity index (χ1v) is 10.1. The predicted molar refractivity (Wildman–Crippen MR) is 116 cm³/mol. The Kier molecular flexibility index (Phi) is 7.45. The zero-order valence-electron chi connectivity index (χ0n) is 16.5. The van der Waals surface area contributed by atoms with Gasteiger partial charge in [-0.05, 0) is 70.9 Å². The van der Waals surface area contributed by atoms with Crippen molar-refractivity contribution >= 4 is 39.6 Å². The number of carbonyl (C=O) groups excluding carboxylic acids is 3. The van der Waals surface area contributed by atoms with Crippen molar-refractivity contribution in [2.24, 2.45) is 0 Å². The van der Waals surface area contributed by atoms with Crippen molar-refractivity contribution in [1.82, 2.24) is 5.32 Å². The van der Waals surface area contributed by atoms with E-state index in [1.807, 2.05) is 6.07 Å². The highest BCUT2D eigenvalue weighted by molar-refractivity contribution is 9.10. The van der Waals surface area contributed by atoms with Gasteiger partial charge in [0, 0.05) is 17.8 Å². The molecule has 0 fully saturated rings. The van der Waals surface area contributed by atoms with E-state index in [1.54, 1.807) is 37.3 Å². The zero-order valence-corrected chi connectivity index (χ0v) is 18.1. The number of nitrogens with one attached hydrogen (secondary N) is 2. The normalized spacial score (nSPS) is 10.3. The molecule has 1 aromatic heterocycles. The number of hydrogen-bond donors (Lipinski definition) is 2. The van der Waals surface area contributed by atoms with Crippen molar-refractivity contribution in [3.63, 3.8) is 0 Å². The highest BCUT2D eigenvalue weighted by Gasteiger charge is 2.13. The molecule has 3 rings (SSSR count). The first-order chi connectivity index (χ1) is 15.0. The van der Waals surface area contributed by atoms with E-state index < -0.39 is 6.16 Å². The quantitative estimate of drug-likeness (QED) is 0.368. The SMILES string of the molecule is CCOC(=O)Oc1ccc(C(=O)Nc2ccccc2CNC(=O)c2ccc(Br)o2)cc1. The number of para-hydroxylation sites is 1.